The van der Waals surface area contributed by atoms with Crippen LogP contribution in [0.3, 0.4) is 0 Å². The molecule has 0 radical (unpaired) electrons. The van der Waals surface area contributed by atoms with Gasteiger partial charge in [0.15, 0.2) is 0 Å². The quantitative estimate of drug-likeness (QED) is 0.677. The zero-order valence-electron chi connectivity index (χ0n) is 17.1. The normalized spacial score (nSPS) is 14.7. The first-order valence-corrected chi connectivity index (χ1v) is 12.3. The summed E-state index contributed by atoms with van der Waals surface area (Å²) >= 11 is 5.79. The summed E-state index contributed by atoms with van der Waals surface area (Å²) in [6.45, 7) is 1.56. The van der Waals surface area contributed by atoms with Gasteiger partial charge in [-0.2, -0.15) is 0 Å². The summed E-state index contributed by atoms with van der Waals surface area (Å²) < 4.78 is 38.9. The third kappa shape index (κ3) is 5.32. The molecule has 1 amide bonds. The summed E-state index contributed by atoms with van der Waals surface area (Å²) in [6, 6.07) is 9.66. The zero-order valence-corrected chi connectivity index (χ0v) is 18.7. The molecule has 0 aromatic heterocycles. The molecular formula is C22H26ClFN2O3S. The second-order valence-electron chi connectivity index (χ2n) is 7.63. The Kier molecular flexibility index (Phi) is 7.03. The number of nitrogens with one attached hydrogen (secondary N) is 1. The molecule has 1 N–H and O–H groups in total. The number of rotatable bonds is 7. The first-order valence-electron chi connectivity index (χ1n) is 10.0. The van der Waals surface area contributed by atoms with Crippen molar-refractivity contribution in [1.29, 1.82) is 0 Å². The van der Waals surface area contributed by atoms with Crippen LogP contribution >= 0.6 is 11.6 Å². The van der Waals surface area contributed by atoms with Gasteiger partial charge >= 0.3 is 0 Å². The van der Waals surface area contributed by atoms with Gasteiger partial charge < -0.3 is 5.32 Å². The fraction of sp³-hybridized carbons (Fsp3) is 0.409. The first-order chi connectivity index (χ1) is 14.2. The summed E-state index contributed by atoms with van der Waals surface area (Å²) in [4.78, 5) is 12.7. The Balaban J connectivity index is 1.77. The van der Waals surface area contributed by atoms with Crippen LogP contribution in [0, 0.1) is 5.82 Å². The molecule has 1 atom stereocenters. The molecule has 0 saturated heterocycles. The van der Waals surface area contributed by atoms with Crippen molar-refractivity contribution in [2.45, 2.75) is 45.1 Å². The Hall–Kier alpha value is -2.12. The second kappa shape index (κ2) is 9.35. The van der Waals surface area contributed by atoms with E-state index in [0.29, 0.717) is 6.42 Å². The molecule has 0 saturated carbocycles. The Morgan fingerprint density at radius 3 is 2.50 bits per heavy atom. The summed E-state index contributed by atoms with van der Waals surface area (Å²) in [5, 5.41) is 2.73. The van der Waals surface area contributed by atoms with Gasteiger partial charge in [-0.15, -0.1) is 0 Å². The van der Waals surface area contributed by atoms with Gasteiger partial charge in [-0.1, -0.05) is 36.7 Å². The number of nitrogens with zero attached hydrogens (tertiary/aromatic N) is 1. The van der Waals surface area contributed by atoms with Crippen LogP contribution in [0.4, 0.5) is 10.1 Å². The number of aryl methyl sites for hydroxylation is 2. The van der Waals surface area contributed by atoms with Gasteiger partial charge in [0.25, 0.3) is 0 Å². The van der Waals surface area contributed by atoms with Crippen molar-refractivity contribution in [2.24, 2.45) is 0 Å². The molecule has 0 heterocycles. The van der Waals surface area contributed by atoms with Crippen LogP contribution < -0.4 is 9.62 Å². The van der Waals surface area contributed by atoms with Gasteiger partial charge in [0.2, 0.25) is 15.9 Å². The highest BCUT2D eigenvalue weighted by Gasteiger charge is 2.23. The molecular weight excluding hydrogens is 427 g/mol. The van der Waals surface area contributed by atoms with Crippen molar-refractivity contribution in [1.82, 2.24) is 5.32 Å². The van der Waals surface area contributed by atoms with E-state index in [4.69, 9.17) is 11.6 Å². The number of carbonyl (C=O) groups is 1. The Morgan fingerprint density at radius 1 is 1.17 bits per heavy atom. The van der Waals surface area contributed by atoms with Crippen LogP contribution in [0.1, 0.15) is 48.9 Å². The number of anilines is 1. The SMILES string of the molecule is CC[C@H](NC(=O)CN(c1ccc(F)c(Cl)c1)S(C)(=O)=O)c1ccc2c(c1)CCCC2. The lowest BCUT2D eigenvalue weighted by Crippen LogP contribution is -2.41. The van der Waals surface area contributed by atoms with Crippen LogP contribution in [0.25, 0.3) is 0 Å². The lowest BCUT2D eigenvalue weighted by Gasteiger charge is -2.25. The molecule has 1 aliphatic carbocycles. The van der Waals surface area contributed by atoms with Crippen molar-refractivity contribution in [3.8, 4) is 0 Å². The highest BCUT2D eigenvalue weighted by Crippen LogP contribution is 2.27. The number of carbonyl (C=O) groups excluding carboxylic acids is 1. The van der Waals surface area contributed by atoms with Gasteiger partial charge in [0.1, 0.15) is 12.4 Å². The molecule has 5 nitrogen and oxygen atoms in total. The predicted molar refractivity (Wildman–Crippen MR) is 118 cm³/mol. The van der Waals surface area contributed by atoms with Gasteiger partial charge in [0.05, 0.1) is 23.0 Å². The molecule has 0 fully saturated rings. The molecule has 1 aliphatic rings. The van der Waals surface area contributed by atoms with Crippen molar-refractivity contribution >= 4 is 33.2 Å². The number of halogens is 2. The van der Waals surface area contributed by atoms with E-state index in [1.54, 1.807) is 0 Å². The van der Waals surface area contributed by atoms with E-state index in [1.807, 2.05) is 13.0 Å². The number of hydrogen-bond donors (Lipinski definition) is 1. The second-order valence-corrected chi connectivity index (χ2v) is 9.95. The van der Waals surface area contributed by atoms with Crippen LogP contribution in [0.5, 0.6) is 0 Å². The first kappa shape index (κ1) is 22.6. The summed E-state index contributed by atoms with van der Waals surface area (Å²) in [5.41, 5.74) is 3.84. The highest BCUT2D eigenvalue weighted by molar-refractivity contribution is 7.92. The maximum Gasteiger partial charge on any atom is 0.241 e. The zero-order chi connectivity index (χ0) is 21.9. The fourth-order valence-corrected chi connectivity index (χ4v) is 4.82. The summed E-state index contributed by atoms with van der Waals surface area (Å²) in [5.74, 6) is -1.10. The monoisotopic (exact) mass is 452 g/mol. The summed E-state index contributed by atoms with van der Waals surface area (Å²) in [7, 11) is -3.77. The topological polar surface area (TPSA) is 66.5 Å². The minimum atomic E-state index is -3.77. The molecule has 0 spiro atoms. The van der Waals surface area contributed by atoms with E-state index < -0.39 is 28.3 Å². The molecule has 3 rings (SSSR count). The molecule has 2 aromatic carbocycles. The fourth-order valence-electron chi connectivity index (χ4n) is 3.80. The van der Waals surface area contributed by atoms with Crippen LogP contribution in [0.15, 0.2) is 36.4 Å². The lowest BCUT2D eigenvalue weighted by molar-refractivity contribution is -0.120. The Bertz CT molecular complexity index is 1040. The van der Waals surface area contributed by atoms with Crippen molar-refractivity contribution in [2.75, 3.05) is 17.1 Å². The lowest BCUT2D eigenvalue weighted by atomic mass is 9.89. The number of fused-ring (bicyclic) bond motifs is 1. The van der Waals surface area contributed by atoms with E-state index in [2.05, 4.69) is 17.4 Å². The van der Waals surface area contributed by atoms with Gasteiger partial charge in [0, 0.05) is 0 Å². The van der Waals surface area contributed by atoms with E-state index >= 15 is 0 Å². The highest BCUT2D eigenvalue weighted by atomic mass is 35.5. The average Bonchev–Trinajstić information content (AvgIpc) is 2.71. The molecule has 0 aliphatic heterocycles. The standard InChI is InChI=1S/C22H26ClFN2O3S/c1-3-21(17-9-8-15-6-4-5-7-16(15)12-17)25-22(27)14-26(30(2,28)29)18-10-11-20(24)19(23)13-18/h8-13,21H,3-7,14H2,1-2H3,(H,25,27)/t21-/m0/s1. The maximum absolute atomic E-state index is 13.5. The summed E-state index contributed by atoms with van der Waals surface area (Å²) in [6.07, 6.45) is 6.17. The smallest absolute Gasteiger partial charge is 0.241 e. The van der Waals surface area contributed by atoms with Gasteiger partial charge in [-0.3, -0.25) is 9.10 Å². The van der Waals surface area contributed by atoms with E-state index in [1.165, 1.54) is 36.1 Å². The molecule has 2 aromatic rings. The van der Waals surface area contributed by atoms with E-state index in [-0.39, 0.29) is 16.8 Å². The van der Waals surface area contributed by atoms with Crippen LogP contribution in [-0.4, -0.2) is 27.1 Å². The number of sulfonamides is 1. The number of amides is 1. The third-order valence-electron chi connectivity index (χ3n) is 5.40. The number of hydrogen-bond acceptors (Lipinski definition) is 3. The van der Waals surface area contributed by atoms with E-state index in [0.717, 1.165) is 35.0 Å². The molecule has 8 heteroatoms. The minimum absolute atomic E-state index is 0.140. The molecule has 162 valence electrons. The molecule has 30 heavy (non-hydrogen) atoms. The van der Waals surface area contributed by atoms with Crippen molar-refractivity contribution in [3.63, 3.8) is 0 Å². The van der Waals surface area contributed by atoms with Gasteiger partial charge in [-0.05, 0) is 67.0 Å². The van der Waals surface area contributed by atoms with Crippen LogP contribution in [-0.2, 0) is 27.7 Å². The average molecular weight is 453 g/mol. The van der Waals surface area contributed by atoms with Crippen molar-refractivity contribution < 1.29 is 17.6 Å². The van der Waals surface area contributed by atoms with Crippen LogP contribution in [0.2, 0.25) is 5.02 Å². The van der Waals surface area contributed by atoms with E-state index in [9.17, 15) is 17.6 Å². The Morgan fingerprint density at radius 2 is 1.87 bits per heavy atom. The largest absolute Gasteiger partial charge is 0.348 e. The van der Waals surface area contributed by atoms with Gasteiger partial charge in [-0.25, -0.2) is 12.8 Å². The Labute approximate surface area is 182 Å². The molecule has 0 unspecified atom stereocenters. The minimum Gasteiger partial charge on any atom is -0.348 e. The molecule has 0 bridgehead atoms. The van der Waals surface area contributed by atoms with Crippen molar-refractivity contribution in [3.05, 3.63) is 63.9 Å². The predicted octanol–water partition coefficient (Wildman–Crippen LogP) is 4.39. The maximum atomic E-state index is 13.5. The number of benzene rings is 2. The third-order valence-corrected chi connectivity index (χ3v) is 6.83.